The normalized spacial score (nSPS) is 17.6. The molecule has 2 heterocycles. The van der Waals surface area contributed by atoms with E-state index in [1.54, 1.807) is 17.0 Å². The molecule has 2 aromatic carbocycles. The van der Waals surface area contributed by atoms with Gasteiger partial charge < -0.3 is 9.64 Å². The van der Waals surface area contributed by atoms with Gasteiger partial charge in [0.1, 0.15) is 18.2 Å². The first-order valence-corrected chi connectivity index (χ1v) is 10.3. The van der Waals surface area contributed by atoms with Gasteiger partial charge in [-0.05, 0) is 36.4 Å². The van der Waals surface area contributed by atoms with Crippen LogP contribution in [0.4, 0.5) is 5.69 Å². The third-order valence-electron chi connectivity index (χ3n) is 5.17. The first-order chi connectivity index (χ1) is 14.6. The van der Waals surface area contributed by atoms with Crippen molar-refractivity contribution in [3.8, 4) is 5.75 Å². The van der Waals surface area contributed by atoms with E-state index >= 15 is 0 Å². The summed E-state index contributed by atoms with van der Waals surface area (Å²) in [5, 5.41) is 6.38. The number of hydrogen-bond acceptors (Lipinski definition) is 5. The van der Waals surface area contributed by atoms with Crippen molar-refractivity contribution in [3.63, 3.8) is 0 Å². The molecule has 30 heavy (non-hydrogen) atoms. The third kappa shape index (κ3) is 4.80. The summed E-state index contributed by atoms with van der Waals surface area (Å²) in [5.41, 5.74) is 1.11. The number of benzene rings is 2. The zero-order chi connectivity index (χ0) is 20.9. The minimum atomic E-state index is -0.0956. The highest BCUT2D eigenvalue weighted by atomic mass is 35.5. The Hall–Kier alpha value is -2.90. The summed E-state index contributed by atoms with van der Waals surface area (Å²) in [6.07, 6.45) is 0.662. The lowest BCUT2D eigenvalue weighted by molar-refractivity contribution is -0.126. The lowest BCUT2D eigenvalue weighted by Crippen LogP contribution is -2.52. The van der Waals surface area contributed by atoms with E-state index in [1.165, 1.54) is 5.01 Å². The number of carbonyl (C=O) groups is 2. The number of hydrazone groups is 1. The van der Waals surface area contributed by atoms with Crippen molar-refractivity contribution in [3.05, 3.63) is 59.6 Å². The number of anilines is 1. The van der Waals surface area contributed by atoms with Gasteiger partial charge in [-0.2, -0.15) is 5.10 Å². The van der Waals surface area contributed by atoms with Crippen molar-refractivity contribution in [1.82, 2.24) is 9.80 Å². The Morgan fingerprint density at radius 3 is 2.37 bits per heavy atom. The van der Waals surface area contributed by atoms with Gasteiger partial charge in [0.2, 0.25) is 5.91 Å². The van der Waals surface area contributed by atoms with Crippen LogP contribution in [0, 0.1) is 0 Å². The largest absolute Gasteiger partial charge is 0.478 e. The molecule has 0 bridgehead atoms. The van der Waals surface area contributed by atoms with Crippen molar-refractivity contribution in [1.29, 1.82) is 0 Å². The van der Waals surface area contributed by atoms with Crippen LogP contribution in [-0.2, 0) is 9.59 Å². The van der Waals surface area contributed by atoms with Crippen molar-refractivity contribution < 1.29 is 14.3 Å². The van der Waals surface area contributed by atoms with Crippen LogP contribution in [-0.4, -0.2) is 60.2 Å². The molecule has 0 aliphatic carbocycles. The number of nitrogens with zero attached hydrogens (tertiary/aromatic N) is 4. The SMILES string of the molecule is O=C(C1=NN(c2ccccc2)C(=O)CC1)N1CCN(COc2ccc(Cl)cc2)CC1. The number of carbonyl (C=O) groups excluding carboxylic acids is 2. The highest BCUT2D eigenvalue weighted by Crippen LogP contribution is 2.21. The van der Waals surface area contributed by atoms with Crippen LogP contribution in [0.5, 0.6) is 5.75 Å². The Morgan fingerprint density at radius 2 is 1.67 bits per heavy atom. The number of para-hydroxylation sites is 1. The second-order valence-electron chi connectivity index (χ2n) is 7.23. The fourth-order valence-corrected chi connectivity index (χ4v) is 3.56. The molecule has 2 aromatic rings. The molecule has 1 fully saturated rings. The molecule has 0 aromatic heterocycles. The van der Waals surface area contributed by atoms with Crippen molar-refractivity contribution >= 4 is 34.8 Å². The smallest absolute Gasteiger partial charge is 0.270 e. The molecule has 156 valence electrons. The van der Waals surface area contributed by atoms with Crippen molar-refractivity contribution in [2.24, 2.45) is 5.10 Å². The van der Waals surface area contributed by atoms with E-state index < -0.39 is 0 Å². The third-order valence-corrected chi connectivity index (χ3v) is 5.42. The summed E-state index contributed by atoms with van der Waals surface area (Å²) in [6, 6.07) is 16.5. The molecule has 2 amide bonds. The number of piperazine rings is 1. The number of amides is 2. The molecule has 0 saturated carbocycles. The lowest BCUT2D eigenvalue weighted by Gasteiger charge is -2.35. The Bertz CT molecular complexity index is 925. The average molecular weight is 427 g/mol. The van der Waals surface area contributed by atoms with Crippen LogP contribution >= 0.6 is 11.6 Å². The van der Waals surface area contributed by atoms with E-state index in [9.17, 15) is 9.59 Å². The Kier molecular flexibility index (Phi) is 6.30. The van der Waals surface area contributed by atoms with E-state index in [2.05, 4.69) is 10.0 Å². The van der Waals surface area contributed by atoms with Crippen molar-refractivity contribution in [2.45, 2.75) is 12.8 Å². The van der Waals surface area contributed by atoms with Crippen molar-refractivity contribution in [2.75, 3.05) is 37.9 Å². The molecule has 1 saturated heterocycles. The summed E-state index contributed by atoms with van der Waals surface area (Å²) in [6.45, 7) is 3.09. The van der Waals surface area contributed by atoms with Crippen LogP contribution < -0.4 is 9.75 Å². The minimum absolute atomic E-state index is 0.0954. The van der Waals surface area contributed by atoms with Gasteiger partial charge in [-0.3, -0.25) is 14.5 Å². The molecule has 2 aliphatic heterocycles. The quantitative estimate of drug-likeness (QED) is 0.737. The molecule has 0 unspecified atom stereocenters. The lowest BCUT2D eigenvalue weighted by atomic mass is 10.1. The summed E-state index contributed by atoms with van der Waals surface area (Å²) in [5.74, 6) is 0.573. The second kappa shape index (κ2) is 9.28. The maximum atomic E-state index is 12.9. The number of rotatable bonds is 5. The standard InChI is InChI=1S/C22H23ClN4O3/c23-17-6-8-19(9-7-17)30-16-25-12-14-26(15-13-25)22(29)20-10-11-21(28)27(24-20)18-4-2-1-3-5-18/h1-9H,10-16H2. The van der Waals surface area contributed by atoms with E-state index in [0.29, 0.717) is 55.8 Å². The molecule has 0 radical (unpaired) electrons. The fraction of sp³-hybridized carbons (Fsp3) is 0.318. The average Bonchev–Trinajstić information content (AvgIpc) is 2.79. The molecule has 0 N–H and O–H groups in total. The maximum absolute atomic E-state index is 12.9. The molecule has 4 rings (SSSR count). The van der Waals surface area contributed by atoms with Crippen LogP contribution in [0.2, 0.25) is 5.02 Å². The summed E-state index contributed by atoms with van der Waals surface area (Å²) < 4.78 is 5.78. The molecule has 0 spiro atoms. The van der Waals surface area contributed by atoms with Crippen LogP contribution in [0.1, 0.15) is 12.8 Å². The second-order valence-corrected chi connectivity index (χ2v) is 7.66. The molecule has 2 aliphatic rings. The zero-order valence-electron chi connectivity index (χ0n) is 16.5. The molecule has 0 atom stereocenters. The van der Waals surface area contributed by atoms with Gasteiger partial charge in [0.25, 0.3) is 5.91 Å². The molecule has 7 nitrogen and oxygen atoms in total. The minimum Gasteiger partial charge on any atom is -0.478 e. The first-order valence-electron chi connectivity index (χ1n) is 9.95. The highest BCUT2D eigenvalue weighted by molar-refractivity contribution is 6.40. The fourth-order valence-electron chi connectivity index (χ4n) is 3.44. The van der Waals surface area contributed by atoms with Gasteiger partial charge in [-0.15, -0.1) is 0 Å². The topological polar surface area (TPSA) is 65.5 Å². The number of hydrogen-bond donors (Lipinski definition) is 0. The highest BCUT2D eigenvalue weighted by Gasteiger charge is 2.30. The summed E-state index contributed by atoms with van der Waals surface area (Å²) in [4.78, 5) is 29.2. The summed E-state index contributed by atoms with van der Waals surface area (Å²) in [7, 11) is 0. The van der Waals surface area contributed by atoms with Crippen LogP contribution in [0.25, 0.3) is 0 Å². The predicted molar refractivity (Wildman–Crippen MR) is 116 cm³/mol. The molecular weight excluding hydrogens is 404 g/mol. The van der Waals surface area contributed by atoms with Crippen LogP contribution in [0.3, 0.4) is 0 Å². The van der Waals surface area contributed by atoms with E-state index in [0.717, 1.165) is 5.75 Å². The zero-order valence-corrected chi connectivity index (χ0v) is 17.3. The van der Waals surface area contributed by atoms with Gasteiger partial charge in [0.05, 0.1) is 5.69 Å². The number of ether oxygens (including phenoxy) is 1. The van der Waals surface area contributed by atoms with E-state index in [-0.39, 0.29) is 18.2 Å². The Labute approximate surface area is 180 Å². The Morgan fingerprint density at radius 1 is 0.967 bits per heavy atom. The van der Waals surface area contributed by atoms with Gasteiger partial charge in [-0.1, -0.05) is 29.8 Å². The molecular formula is C22H23ClN4O3. The molecule has 8 heteroatoms. The Balaban J connectivity index is 1.32. The van der Waals surface area contributed by atoms with E-state index in [4.69, 9.17) is 16.3 Å². The van der Waals surface area contributed by atoms with Gasteiger partial charge in [-0.25, -0.2) is 5.01 Å². The van der Waals surface area contributed by atoms with E-state index in [1.807, 2.05) is 42.5 Å². The summed E-state index contributed by atoms with van der Waals surface area (Å²) >= 11 is 5.89. The first kappa shape index (κ1) is 20.4. The van der Waals surface area contributed by atoms with Gasteiger partial charge >= 0.3 is 0 Å². The van der Waals surface area contributed by atoms with Gasteiger partial charge in [0.15, 0.2) is 0 Å². The van der Waals surface area contributed by atoms with Gasteiger partial charge in [0, 0.05) is 44.0 Å². The predicted octanol–water partition coefficient (Wildman–Crippen LogP) is 3.00. The van der Waals surface area contributed by atoms with Crippen LogP contribution in [0.15, 0.2) is 59.7 Å². The maximum Gasteiger partial charge on any atom is 0.270 e. The monoisotopic (exact) mass is 426 g/mol. The number of halogens is 1.